The summed E-state index contributed by atoms with van der Waals surface area (Å²) in [5.74, 6) is -0.240. The van der Waals surface area contributed by atoms with Gasteiger partial charge in [-0.15, -0.1) is 0 Å². The van der Waals surface area contributed by atoms with E-state index in [-0.39, 0.29) is 12.3 Å². The second kappa shape index (κ2) is 7.31. The molecule has 1 aromatic heterocycles. The number of nitrogens with zero attached hydrogens (tertiary/aromatic N) is 1. The monoisotopic (exact) mass is 317 g/mol. The van der Waals surface area contributed by atoms with E-state index in [1.165, 1.54) is 0 Å². The van der Waals surface area contributed by atoms with Gasteiger partial charge in [-0.1, -0.05) is 19.8 Å². The van der Waals surface area contributed by atoms with Crippen molar-refractivity contribution in [3.63, 3.8) is 0 Å². The number of carbonyl (C=O) groups excluding carboxylic acids is 1. The zero-order valence-corrected chi connectivity index (χ0v) is 13.9. The highest BCUT2D eigenvalue weighted by molar-refractivity contribution is 5.98. The van der Waals surface area contributed by atoms with Gasteiger partial charge in [0.05, 0.1) is 19.0 Å². The Morgan fingerprint density at radius 1 is 1.26 bits per heavy atom. The summed E-state index contributed by atoms with van der Waals surface area (Å²) in [5, 5.41) is 9.94. The first-order chi connectivity index (χ1) is 11.0. The Morgan fingerprint density at radius 2 is 2.00 bits per heavy atom. The lowest BCUT2D eigenvalue weighted by Crippen LogP contribution is -2.12. The summed E-state index contributed by atoms with van der Waals surface area (Å²) in [4.78, 5) is 23.8. The van der Waals surface area contributed by atoms with E-state index >= 15 is 0 Å². The van der Waals surface area contributed by atoms with Crippen LogP contribution in [0, 0.1) is 6.92 Å². The Morgan fingerprint density at radius 3 is 2.61 bits per heavy atom. The average molecular weight is 317 g/mol. The predicted molar refractivity (Wildman–Crippen MR) is 89.3 cm³/mol. The van der Waals surface area contributed by atoms with Crippen molar-refractivity contribution >= 4 is 22.8 Å². The van der Waals surface area contributed by atoms with E-state index in [2.05, 4.69) is 6.92 Å². The number of rotatable bonds is 7. The molecule has 0 unspecified atom stereocenters. The van der Waals surface area contributed by atoms with Gasteiger partial charge >= 0.3 is 5.97 Å². The molecule has 23 heavy (non-hydrogen) atoms. The number of methoxy groups -OCH3 is 1. The summed E-state index contributed by atoms with van der Waals surface area (Å²) in [5.41, 5.74) is 2.13. The van der Waals surface area contributed by atoms with Crippen LogP contribution in [0.15, 0.2) is 18.2 Å². The van der Waals surface area contributed by atoms with Gasteiger partial charge in [-0.2, -0.15) is 0 Å². The minimum absolute atomic E-state index is 0.0164. The van der Waals surface area contributed by atoms with Crippen LogP contribution in [-0.2, 0) is 11.2 Å². The maximum Gasteiger partial charge on any atom is 0.307 e. The van der Waals surface area contributed by atoms with Crippen molar-refractivity contribution in [2.75, 3.05) is 7.11 Å². The van der Waals surface area contributed by atoms with Gasteiger partial charge in [-0.3, -0.25) is 14.2 Å². The molecular weight excluding hydrogens is 294 g/mol. The zero-order chi connectivity index (χ0) is 17.0. The summed E-state index contributed by atoms with van der Waals surface area (Å²) in [7, 11) is 1.57. The third-order valence-electron chi connectivity index (χ3n) is 4.11. The van der Waals surface area contributed by atoms with Crippen LogP contribution < -0.4 is 4.74 Å². The lowest BCUT2D eigenvalue weighted by atomic mass is 10.1. The van der Waals surface area contributed by atoms with Gasteiger partial charge in [0, 0.05) is 17.5 Å². The molecule has 0 fully saturated rings. The summed E-state index contributed by atoms with van der Waals surface area (Å²) in [6, 6.07) is 5.42. The fourth-order valence-corrected chi connectivity index (χ4v) is 2.92. The SMILES string of the molecule is CCCCCC(=O)n1c(C)c(CC(=O)O)c2cc(OC)ccc21. The number of carbonyl (C=O) groups is 2. The standard InChI is InChI=1S/C18H23NO4/c1-4-5-6-7-17(20)19-12(2)14(11-18(21)22)15-10-13(23-3)8-9-16(15)19/h8-10H,4-7,11H2,1-3H3,(H,21,22). The molecule has 0 amide bonds. The third kappa shape index (κ3) is 3.55. The summed E-state index contributed by atoms with van der Waals surface area (Å²) in [6.07, 6.45) is 3.28. The molecule has 5 nitrogen and oxygen atoms in total. The Balaban J connectivity index is 2.53. The average Bonchev–Trinajstić information content (AvgIpc) is 2.78. The van der Waals surface area contributed by atoms with E-state index in [0.29, 0.717) is 23.4 Å². The predicted octanol–water partition coefficient (Wildman–Crippen LogP) is 3.81. The molecule has 0 saturated carbocycles. The first-order valence-electron chi connectivity index (χ1n) is 7.92. The maximum absolute atomic E-state index is 12.6. The van der Waals surface area contributed by atoms with Crippen LogP contribution in [0.1, 0.15) is 48.7 Å². The summed E-state index contributed by atoms with van der Waals surface area (Å²) in [6.45, 7) is 3.90. The number of aliphatic carboxylic acids is 1. The number of unbranched alkanes of at least 4 members (excludes halogenated alkanes) is 2. The molecule has 0 spiro atoms. The fraction of sp³-hybridized carbons (Fsp3) is 0.444. The first-order valence-corrected chi connectivity index (χ1v) is 7.92. The molecule has 0 saturated heterocycles. The van der Waals surface area contributed by atoms with Crippen LogP contribution in [0.4, 0.5) is 0 Å². The molecule has 0 atom stereocenters. The number of carboxylic acids is 1. The Bertz CT molecular complexity index is 730. The fourth-order valence-electron chi connectivity index (χ4n) is 2.92. The number of aromatic nitrogens is 1. The van der Waals surface area contributed by atoms with Crippen LogP contribution in [-0.4, -0.2) is 28.7 Å². The molecular formula is C18H23NO4. The number of carboxylic acid groups (broad SMARTS) is 1. The lowest BCUT2D eigenvalue weighted by Gasteiger charge is -2.07. The molecule has 2 rings (SSSR count). The van der Waals surface area contributed by atoms with Gasteiger partial charge in [-0.25, -0.2) is 0 Å². The van der Waals surface area contributed by atoms with E-state index < -0.39 is 5.97 Å². The Kier molecular flexibility index (Phi) is 5.42. The van der Waals surface area contributed by atoms with Crippen molar-refractivity contribution in [1.82, 2.24) is 4.57 Å². The third-order valence-corrected chi connectivity index (χ3v) is 4.11. The van der Waals surface area contributed by atoms with Crippen molar-refractivity contribution in [2.45, 2.75) is 46.0 Å². The number of hydrogen-bond donors (Lipinski definition) is 1. The number of hydrogen-bond acceptors (Lipinski definition) is 3. The second-order valence-electron chi connectivity index (χ2n) is 5.70. The Hall–Kier alpha value is -2.30. The molecule has 0 aliphatic heterocycles. The van der Waals surface area contributed by atoms with E-state index in [9.17, 15) is 14.7 Å². The normalized spacial score (nSPS) is 10.9. The summed E-state index contributed by atoms with van der Waals surface area (Å²) >= 11 is 0. The lowest BCUT2D eigenvalue weighted by molar-refractivity contribution is -0.136. The highest BCUT2D eigenvalue weighted by Crippen LogP contribution is 2.30. The van der Waals surface area contributed by atoms with Crippen molar-refractivity contribution in [2.24, 2.45) is 0 Å². The minimum Gasteiger partial charge on any atom is -0.497 e. The van der Waals surface area contributed by atoms with Gasteiger partial charge in [0.2, 0.25) is 5.91 Å². The van der Waals surface area contributed by atoms with Crippen LogP contribution in [0.25, 0.3) is 10.9 Å². The van der Waals surface area contributed by atoms with Gasteiger partial charge in [0.25, 0.3) is 0 Å². The van der Waals surface area contributed by atoms with Crippen LogP contribution in [0.2, 0.25) is 0 Å². The maximum atomic E-state index is 12.6. The number of fused-ring (bicyclic) bond motifs is 1. The van der Waals surface area contributed by atoms with Crippen LogP contribution in [0.3, 0.4) is 0 Å². The summed E-state index contributed by atoms with van der Waals surface area (Å²) < 4.78 is 6.89. The molecule has 0 radical (unpaired) electrons. The van der Waals surface area contributed by atoms with Crippen molar-refractivity contribution in [3.05, 3.63) is 29.5 Å². The van der Waals surface area contributed by atoms with E-state index in [4.69, 9.17) is 4.74 Å². The minimum atomic E-state index is -0.909. The van der Waals surface area contributed by atoms with Crippen molar-refractivity contribution in [1.29, 1.82) is 0 Å². The molecule has 0 aliphatic rings. The largest absolute Gasteiger partial charge is 0.497 e. The molecule has 0 bridgehead atoms. The topological polar surface area (TPSA) is 68.5 Å². The number of benzene rings is 1. The van der Waals surface area contributed by atoms with Crippen molar-refractivity contribution < 1.29 is 19.4 Å². The smallest absolute Gasteiger partial charge is 0.307 e. The Labute approximate surface area is 135 Å². The quantitative estimate of drug-likeness (QED) is 0.789. The van der Waals surface area contributed by atoms with Gasteiger partial charge in [0.15, 0.2) is 0 Å². The molecule has 0 aliphatic carbocycles. The molecule has 1 aromatic carbocycles. The number of ether oxygens (including phenoxy) is 1. The van der Waals surface area contributed by atoms with E-state index in [0.717, 1.165) is 30.2 Å². The zero-order valence-electron chi connectivity index (χ0n) is 13.9. The molecule has 1 N–H and O–H groups in total. The van der Waals surface area contributed by atoms with Crippen molar-refractivity contribution in [3.8, 4) is 5.75 Å². The molecule has 1 heterocycles. The highest BCUT2D eigenvalue weighted by atomic mass is 16.5. The molecule has 2 aromatic rings. The van der Waals surface area contributed by atoms with Crippen LogP contribution in [0.5, 0.6) is 5.75 Å². The molecule has 124 valence electrons. The van der Waals surface area contributed by atoms with Gasteiger partial charge in [-0.05, 0) is 37.1 Å². The second-order valence-corrected chi connectivity index (χ2v) is 5.70. The van der Waals surface area contributed by atoms with Gasteiger partial charge < -0.3 is 9.84 Å². The molecule has 5 heteroatoms. The highest BCUT2D eigenvalue weighted by Gasteiger charge is 2.20. The van der Waals surface area contributed by atoms with Crippen LogP contribution >= 0.6 is 0 Å². The van der Waals surface area contributed by atoms with E-state index in [1.807, 2.05) is 13.0 Å². The first kappa shape index (κ1) is 17.1. The van der Waals surface area contributed by atoms with Gasteiger partial charge in [0.1, 0.15) is 5.75 Å². The van der Waals surface area contributed by atoms with E-state index in [1.54, 1.807) is 23.8 Å².